The quantitative estimate of drug-likeness (QED) is 0.542. The van der Waals surface area contributed by atoms with Crippen LogP contribution >= 0.6 is 0 Å². The summed E-state index contributed by atoms with van der Waals surface area (Å²) in [6.07, 6.45) is 7.93. The second-order valence-corrected chi connectivity index (χ2v) is 12.3. The van der Waals surface area contributed by atoms with Crippen LogP contribution in [0.4, 0.5) is 0 Å². The zero-order valence-electron chi connectivity index (χ0n) is 24.2. The number of hydrogen-bond acceptors (Lipinski definition) is 5. The van der Waals surface area contributed by atoms with Crippen LogP contribution in [0, 0.1) is 6.92 Å². The minimum absolute atomic E-state index is 0.0138. The van der Waals surface area contributed by atoms with Crippen molar-refractivity contribution in [1.29, 1.82) is 0 Å². The van der Waals surface area contributed by atoms with E-state index in [0.29, 0.717) is 24.2 Å². The minimum Gasteiger partial charge on any atom is -0.349 e. The van der Waals surface area contributed by atoms with Crippen LogP contribution in [-0.2, 0) is 23.1 Å². The van der Waals surface area contributed by atoms with Crippen LogP contribution < -0.4 is 0 Å². The molecule has 0 aliphatic carbocycles. The number of benzene rings is 1. The molecular weight excluding hydrogens is 474 g/mol. The van der Waals surface area contributed by atoms with E-state index >= 15 is 0 Å². The summed E-state index contributed by atoms with van der Waals surface area (Å²) in [7, 11) is 3.66. The fraction of sp³-hybridized carbons (Fsp3) is 0.613. The number of aromatic nitrogens is 2. The largest absolute Gasteiger partial charge is 0.349 e. The van der Waals surface area contributed by atoms with Gasteiger partial charge in [0.15, 0.2) is 0 Å². The molecule has 38 heavy (non-hydrogen) atoms. The first kappa shape index (κ1) is 28.2. The van der Waals surface area contributed by atoms with E-state index in [1.165, 1.54) is 11.1 Å². The van der Waals surface area contributed by atoms with Crippen LogP contribution in [0.25, 0.3) is 0 Å². The summed E-state index contributed by atoms with van der Waals surface area (Å²) in [4.78, 5) is 40.9. The first-order chi connectivity index (χ1) is 18.0. The van der Waals surface area contributed by atoms with Gasteiger partial charge in [0.05, 0.1) is 0 Å². The van der Waals surface area contributed by atoms with Crippen molar-refractivity contribution in [3.63, 3.8) is 0 Å². The molecule has 0 unspecified atom stereocenters. The monoisotopic (exact) mass is 519 g/mol. The maximum atomic E-state index is 13.5. The Morgan fingerprint density at radius 1 is 0.974 bits per heavy atom. The van der Waals surface area contributed by atoms with Crippen molar-refractivity contribution >= 4 is 11.8 Å². The summed E-state index contributed by atoms with van der Waals surface area (Å²) in [5.41, 5.74) is 5.13. The lowest BCUT2D eigenvalue weighted by atomic mass is 9.86. The molecule has 1 atom stereocenters. The second kappa shape index (κ2) is 11.9. The standard InChI is InChI=1S/C31H45N5O2/c1-22-27(14-11-23-9-12-24(13-10-23)31(2,3)4)32-21-33-29(22)30(38)35-18-15-25(16-19-35)36-17-7-8-26(36)20-28(37)34(5)6/h9-10,12-13,21,25-26H,7-8,11,14-20H2,1-6H3/t26-/m0/s1. The number of piperidine rings is 1. The average molecular weight is 520 g/mol. The molecule has 7 nitrogen and oxygen atoms in total. The number of aryl methyl sites for hydroxylation is 2. The van der Waals surface area contributed by atoms with Crippen LogP contribution in [-0.4, -0.2) is 82.3 Å². The molecule has 2 fully saturated rings. The smallest absolute Gasteiger partial charge is 0.272 e. The van der Waals surface area contributed by atoms with Crippen LogP contribution in [0.5, 0.6) is 0 Å². The molecule has 7 heteroatoms. The van der Waals surface area contributed by atoms with Gasteiger partial charge in [-0.15, -0.1) is 0 Å². The first-order valence-corrected chi connectivity index (χ1v) is 14.2. The van der Waals surface area contributed by atoms with Gasteiger partial charge < -0.3 is 9.80 Å². The van der Waals surface area contributed by atoms with E-state index in [1.807, 2.05) is 25.9 Å². The summed E-state index contributed by atoms with van der Waals surface area (Å²) >= 11 is 0. The van der Waals surface area contributed by atoms with E-state index in [9.17, 15) is 9.59 Å². The first-order valence-electron chi connectivity index (χ1n) is 14.2. The van der Waals surface area contributed by atoms with Gasteiger partial charge in [0.1, 0.15) is 12.0 Å². The second-order valence-electron chi connectivity index (χ2n) is 12.3. The summed E-state index contributed by atoms with van der Waals surface area (Å²) in [6, 6.07) is 9.60. The maximum Gasteiger partial charge on any atom is 0.272 e. The van der Waals surface area contributed by atoms with Crippen molar-refractivity contribution in [2.75, 3.05) is 33.7 Å². The third-order valence-electron chi connectivity index (χ3n) is 8.41. The molecule has 206 valence electrons. The molecular formula is C31H45N5O2. The van der Waals surface area contributed by atoms with Crippen LogP contribution in [0.3, 0.4) is 0 Å². The SMILES string of the molecule is Cc1c(CCc2ccc(C(C)(C)C)cc2)ncnc1C(=O)N1CCC(N2CCC[C@H]2CC(=O)N(C)C)CC1. The Hall–Kier alpha value is -2.80. The average Bonchev–Trinajstić information content (AvgIpc) is 3.35. The van der Waals surface area contributed by atoms with Gasteiger partial charge in [-0.05, 0) is 68.5 Å². The topological polar surface area (TPSA) is 69.6 Å². The number of amides is 2. The Labute approximate surface area is 228 Å². The molecule has 0 radical (unpaired) electrons. The van der Waals surface area contributed by atoms with Gasteiger partial charge in [0.2, 0.25) is 5.91 Å². The third kappa shape index (κ3) is 6.60. The molecule has 2 aromatic rings. The van der Waals surface area contributed by atoms with E-state index in [-0.39, 0.29) is 17.2 Å². The number of nitrogens with zero attached hydrogens (tertiary/aromatic N) is 5. The molecule has 2 saturated heterocycles. The molecule has 0 spiro atoms. The lowest BCUT2D eigenvalue weighted by molar-refractivity contribution is -0.130. The van der Waals surface area contributed by atoms with Gasteiger partial charge in [-0.1, -0.05) is 45.0 Å². The minimum atomic E-state index is 0.0138. The molecule has 4 rings (SSSR count). The molecule has 1 aromatic heterocycles. The Balaban J connectivity index is 1.34. The van der Waals surface area contributed by atoms with Gasteiger partial charge in [0, 0.05) is 56.9 Å². The van der Waals surface area contributed by atoms with E-state index in [1.54, 1.807) is 11.2 Å². The van der Waals surface area contributed by atoms with Gasteiger partial charge >= 0.3 is 0 Å². The van der Waals surface area contributed by atoms with Crippen LogP contribution in [0.2, 0.25) is 0 Å². The van der Waals surface area contributed by atoms with Crippen molar-refractivity contribution in [2.45, 2.75) is 90.1 Å². The molecule has 2 aliphatic heterocycles. The fourth-order valence-electron chi connectivity index (χ4n) is 5.88. The van der Waals surface area contributed by atoms with E-state index < -0.39 is 0 Å². The maximum absolute atomic E-state index is 13.5. The number of rotatable bonds is 7. The van der Waals surface area contributed by atoms with Crippen LogP contribution in [0.15, 0.2) is 30.6 Å². The van der Waals surface area contributed by atoms with Crippen molar-refractivity contribution in [3.8, 4) is 0 Å². The Morgan fingerprint density at radius 2 is 1.66 bits per heavy atom. The van der Waals surface area contributed by atoms with Gasteiger partial charge in [-0.2, -0.15) is 0 Å². The Morgan fingerprint density at radius 3 is 2.29 bits per heavy atom. The molecule has 0 bridgehead atoms. The summed E-state index contributed by atoms with van der Waals surface area (Å²) in [6.45, 7) is 11.2. The van der Waals surface area contributed by atoms with Gasteiger partial charge in [-0.25, -0.2) is 9.97 Å². The van der Waals surface area contributed by atoms with Crippen molar-refractivity contribution < 1.29 is 9.59 Å². The molecule has 0 saturated carbocycles. The van der Waals surface area contributed by atoms with Crippen LogP contribution in [0.1, 0.15) is 85.7 Å². The predicted octanol–water partition coefficient (Wildman–Crippen LogP) is 4.42. The summed E-state index contributed by atoms with van der Waals surface area (Å²) in [5.74, 6) is 0.214. The molecule has 0 N–H and O–H groups in total. The highest BCUT2D eigenvalue weighted by Gasteiger charge is 2.35. The zero-order valence-corrected chi connectivity index (χ0v) is 24.2. The third-order valence-corrected chi connectivity index (χ3v) is 8.41. The van der Waals surface area contributed by atoms with Gasteiger partial charge in [-0.3, -0.25) is 14.5 Å². The van der Waals surface area contributed by atoms with Gasteiger partial charge in [0.25, 0.3) is 5.91 Å². The highest BCUT2D eigenvalue weighted by atomic mass is 16.2. The van der Waals surface area contributed by atoms with E-state index in [4.69, 9.17) is 0 Å². The molecule has 2 aliphatic rings. The fourth-order valence-corrected chi connectivity index (χ4v) is 5.88. The molecule has 2 amide bonds. The number of hydrogen-bond donors (Lipinski definition) is 0. The van der Waals surface area contributed by atoms with E-state index in [2.05, 4.69) is 59.9 Å². The zero-order chi connectivity index (χ0) is 27.4. The summed E-state index contributed by atoms with van der Waals surface area (Å²) < 4.78 is 0. The lowest BCUT2D eigenvalue weighted by Gasteiger charge is -2.39. The molecule has 1 aromatic carbocycles. The highest BCUT2D eigenvalue weighted by molar-refractivity contribution is 5.93. The predicted molar refractivity (Wildman–Crippen MR) is 151 cm³/mol. The summed E-state index contributed by atoms with van der Waals surface area (Å²) in [5, 5.41) is 0. The Kier molecular flexibility index (Phi) is 8.86. The number of carbonyl (C=O) groups excluding carboxylic acids is 2. The molecule has 3 heterocycles. The number of carbonyl (C=O) groups is 2. The normalized spacial score (nSPS) is 19.1. The van der Waals surface area contributed by atoms with E-state index in [0.717, 1.165) is 69.4 Å². The number of likely N-dealkylation sites (tertiary alicyclic amines) is 2. The van der Waals surface area contributed by atoms with Crippen molar-refractivity contribution in [3.05, 3.63) is 58.7 Å². The lowest BCUT2D eigenvalue weighted by Crippen LogP contribution is -2.49. The van der Waals surface area contributed by atoms with Crippen molar-refractivity contribution in [2.24, 2.45) is 0 Å². The highest BCUT2D eigenvalue weighted by Crippen LogP contribution is 2.29. The van der Waals surface area contributed by atoms with Crippen molar-refractivity contribution in [1.82, 2.24) is 24.7 Å². The Bertz CT molecular complexity index is 1110.